The normalized spacial score (nSPS) is 11.9. The van der Waals surface area contributed by atoms with E-state index in [1.54, 1.807) is 44.2 Å². The molecule has 0 spiro atoms. The van der Waals surface area contributed by atoms with Crippen LogP contribution in [-0.2, 0) is 9.53 Å². The van der Waals surface area contributed by atoms with Gasteiger partial charge in [-0.25, -0.2) is 8.78 Å². The van der Waals surface area contributed by atoms with Gasteiger partial charge in [-0.1, -0.05) is 30.3 Å². The summed E-state index contributed by atoms with van der Waals surface area (Å²) in [6.45, 7) is 3.39. The summed E-state index contributed by atoms with van der Waals surface area (Å²) in [7, 11) is 0. The van der Waals surface area contributed by atoms with E-state index in [0.717, 1.165) is 0 Å². The van der Waals surface area contributed by atoms with E-state index in [1.807, 2.05) is 0 Å². The molecule has 26 heavy (non-hydrogen) atoms. The summed E-state index contributed by atoms with van der Waals surface area (Å²) in [6, 6.07) is 8.92. The number of hydrogen-bond donors (Lipinski definition) is 2. The first-order valence-electron chi connectivity index (χ1n) is 8.01. The average molecular weight is 363 g/mol. The number of hydrogen-bond acceptors (Lipinski definition) is 4. The zero-order chi connectivity index (χ0) is 19.3. The lowest BCUT2D eigenvalue weighted by atomic mass is 10.0. The number of aromatic hydroxyl groups is 1. The van der Waals surface area contributed by atoms with Gasteiger partial charge in [0.2, 0.25) is 0 Å². The maximum absolute atomic E-state index is 13.9. The number of halogens is 2. The minimum Gasteiger partial charge on any atom is -0.507 e. The SMILES string of the molecule is CC(C)OC(=O)CC(NC(=O)c1c(O)cc(F)cc1F)c1ccccc1. The van der Waals surface area contributed by atoms with Gasteiger partial charge in [0.15, 0.2) is 0 Å². The molecule has 138 valence electrons. The number of esters is 1. The van der Waals surface area contributed by atoms with Crippen molar-refractivity contribution in [2.75, 3.05) is 0 Å². The molecule has 0 aliphatic heterocycles. The molecule has 1 atom stereocenters. The van der Waals surface area contributed by atoms with Gasteiger partial charge in [0.25, 0.3) is 5.91 Å². The first-order chi connectivity index (χ1) is 12.3. The predicted molar refractivity (Wildman–Crippen MR) is 90.5 cm³/mol. The van der Waals surface area contributed by atoms with Gasteiger partial charge >= 0.3 is 5.97 Å². The zero-order valence-electron chi connectivity index (χ0n) is 14.3. The first-order valence-corrected chi connectivity index (χ1v) is 8.01. The summed E-state index contributed by atoms with van der Waals surface area (Å²) in [6.07, 6.45) is -0.509. The van der Waals surface area contributed by atoms with Gasteiger partial charge in [0, 0.05) is 12.1 Å². The molecule has 0 aromatic heterocycles. The highest BCUT2D eigenvalue weighted by Gasteiger charge is 2.24. The maximum Gasteiger partial charge on any atom is 0.308 e. The van der Waals surface area contributed by atoms with Crippen LogP contribution < -0.4 is 5.32 Å². The second kappa shape index (κ2) is 8.42. The molecule has 2 aromatic rings. The van der Waals surface area contributed by atoms with Gasteiger partial charge in [-0.3, -0.25) is 9.59 Å². The Morgan fingerprint density at radius 1 is 1.15 bits per heavy atom. The molecule has 1 unspecified atom stereocenters. The molecule has 1 amide bonds. The van der Waals surface area contributed by atoms with Crippen LogP contribution in [0.15, 0.2) is 42.5 Å². The molecule has 0 aliphatic carbocycles. The highest BCUT2D eigenvalue weighted by atomic mass is 19.1. The van der Waals surface area contributed by atoms with Crippen LogP contribution in [-0.4, -0.2) is 23.1 Å². The fraction of sp³-hybridized carbons (Fsp3) is 0.263. The van der Waals surface area contributed by atoms with Crippen molar-refractivity contribution in [2.24, 2.45) is 0 Å². The predicted octanol–water partition coefficient (Wildman–Crippen LogP) is 3.48. The summed E-state index contributed by atoms with van der Waals surface area (Å²) in [4.78, 5) is 24.4. The van der Waals surface area contributed by atoms with Gasteiger partial charge < -0.3 is 15.2 Å². The van der Waals surface area contributed by atoms with Gasteiger partial charge in [-0.15, -0.1) is 0 Å². The lowest BCUT2D eigenvalue weighted by Crippen LogP contribution is -2.31. The Kier molecular flexibility index (Phi) is 6.27. The first kappa shape index (κ1) is 19.4. The van der Waals surface area contributed by atoms with Crippen LogP contribution in [0.2, 0.25) is 0 Å². The zero-order valence-corrected chi connectivity index (χ0v) is 14.3. The summed E-state index contributed by atoms with van der Waals surface area (Å²) < 4.78 is 32.1. The second-order valence-electron chi connectivity index (χ2n) is 5.96. The van der Waals surface area contributed by atoms with E-state index in [0.29, 0.717) is 17.7 Å². The van der Waals surface area contributed by atoms with Crippen molar-refractivity contribution in [2.45, 2.75) is 32.4 Å². The topological polar surface area (TPSA) is 75.6 Å². The van der Waals surface area contributed by atoms with Crippen molar-refractivity contribution in [3.8, 4) is 5.75 Å². The number of rotatable bonds is 6. The van der Waals surface area contributed by atoms with Gasteiger partial charge in [0.05, 0.1) is 18.6 Å². The van der Waals surface area contributed by atoms with Crippen LogP contribution in [0.1, 0.15) is 42.2 Å². The van der Waals surface area contributed by atoms with Crippen molar-refractivity contribution in [3.05, 3.63) is 65.2 Å². The Bertz CT molecular complexity index is 770. The van der Waals surface area contributed by atoms with Crippen LogP contribution in [0.3, 0.4) is 0 Å². The number of carbonyl (C=O) groups excluding carboxylic acids is 2. The van der Waals surface area contributed by atoms with Crippen LogP contribution in [0.4, 0.5) is 8.78 Å². The lowest BCUT2D eigenvalue weighted by Gasteiger charge is -2.20. The summed E-state index contributed by atoms with van der Waals surface area (Å²) in [5.41, 5.74) is -0.0897. The number of nitrogens with one attached hydrogen (secondary N) is 1. The van der Waals surface area contributed by atoms with Crippen molar-refractivity contribution in [1.29, 1.82) is 0 Å². The molecule has 2 N–H and O–H groups in total. The van der Waals surface area contributed by atoms with E-state index in [2.05, 4.69) is 5.32 Å². The third-order valence-electron chi connectivity index (χ3n) is 3.51. The minimum absolute atomic E-state index is 0.183. The monoisotopic (exact) mass is 363 g/mol. The van der Waals surface area contributed by atoms with Crippen molar-refractivity contribution in [3.63, 3.8) is 0 Å². The Hall–Kier alpha value is -2.96. The number of carbonyl (C=O) groups is 2. The molecule has 5 nitrogen and oxygen atoms in total. The van der Waals surface area contributed by atoms with Crippen molar-refractivity contribution in [1.82, 2.24) is 5.32 Å². The fourth-order valence-corrected chi connectivity index (χ4v) is 2.43. The van der Waals surface area contributed by atoms with E-state index < -0.39 is 40.9 Å². The number of phenols is 1. The van der Waals surface area contributed by atoms with E-state index >= 15 is 0 Å². The molecule has 0 radical (unpaired) electrons. The molecular weight excluding hydrogens is 344 g/mol. The molecule has 0 heterocycles. The number of phenolic OH excluding ortho intramolecular Hbond substituents is 1. The Balaban J connectivity index is 2.26. The van der Waals surface area contributed by atoms with Gasteiger partial charge in [-0.2, -0.15) is 0 Å². The molecule has 0 saturated heterocycles. The Morgan fingerprint density at radius 3 is 2.38 bits per heavy atom. The molecule has 0 fully saturated rings. The molecule has 7 heteroatoms. The van der Waals surface area contributed by atoms with Crippen molar-refractivity contribution >= 4 is 11.9 Å². The second-order valence-corrected chi connectivity index (χ2v) is 5.96. The summed E-state index contributed by atoms with van der Waals surface area (Å²) in [5.74, 6) is -4.53. The summed E-state index contributed by atoms with van der Waals surface area (Å²) >= 11 is 0. The third-order valence-corrected chi connectivity index (χ3v) is 3.51. The smallest absolute Gasteiger partial charge is 0.308 e. The molecule has 0 bridgehead atoms. The van der Waals surface area contributed by atoms with Crippen LogP contribution in [0.25, 0.3) is 0 Å². The highest BCUT2D eigenvalue weighted by molar-refractivity contribution is 5.97. The van der Waals surface area contributed by atoms with E-state index in [9.17, 15) is 23.5 Å². The van der Waals surface area contributed by atoms with Gasteiger partial charge in [0.1, 0.15) is 22.9 Å². The quantitative estimate of drug-likeness (QED) is 0.771. The van der Waals surface area contributed by atoms with Crippen LogP contribution >= 0.6 is 0 Å². The number of ether oxygens (including phenoxy) is 1. The Labute approximate surface area is 149 Å². The Morgan fingerprint density at radius 2 is 1.81 bits per heavy atom. The molecular formula is C19H19F2NO4. The van der Waals surface area contributed by atoms with Crippen LogP contribution in [0, 0.1) is 11.6 Å². The van der Waals surface area contributed by atoms with Crippen molar-refractivity contribution < 1.29 is 28.2 Å². The van der Waals surface area contributed by atoms with E-state index in [-0.39, 0.29) is 12.5 Å². The largest absolute Gasteiger partial charge is 0.507 e. The van der Waals surface area contributed by atoms with E-state index in [1.165, 1.54) is 0 Å². The third kappa shape index (κ3) is 5.02. The maximum atomic E-state index is 13.9. The lowest BCUT2D eigenvalue weighted by molar-refractivity contribution is -0.147. The highest BCUT2D eigenvalue weighted by Crippen LogP contribution is 2.24. The van der Waals surface area contributed by atoms with Crippen LogP contribution in [0.5, 0.6) is 5.75 Å². The fourth-order valence-electron chi connectivity index (χ4n) is 2.43. The van der Waals surface area contributed by atoms with Gasteiger partial charge in [-0.05, 0) is 19.4 Å². The minimum atomic E-state index is -1.20. The molecule has 0 saturated carbocycles. The number of amides is 1. The number of benzene rings is 2. The average Bonchev–Trinajstić information content (AvgIpc) is 2.53. The van der Waals surface area contributed by atoms with E-state index in [4.69, 9.17) is 4.74 Å². The molecule has 2 aromatic carbocycles. The summed E-state index contributed by atoms with van der Waals surface area (Å²) in [5, 5.41) is 12.2. The molecule has 0 aliphatic rings. The molecule has 2 rings (SSSR count). The standard InChI is InChI=1S/C19H19F2NO4/c1-11(2)26-17(24)10-15(12-6-4-3-5-7-12)22-19(25)18-14(21)8-13(20)9-16(18)23/h3-9,11,15,23H,10H2,1-2H3,(H,22,25).